The van der Waals surface area contributed by atoms with Crippen molar-refractivity contribution >= 4 is 0 Å². The number of nitrogens with zero attached hydrogens (tertiary/aromatic N) is 1. The van der Waals surface area contributed by atoms with Crippen molar-refractivity contribution in [2.75, 3.05) is 46.0 Å². The average Bonchev–Trinajstić information content (AvgIpc) is 3.18. The Bertz CT molecular complexity index is 202. The van der Waals surface area contributed by atoms with Gasteiger partial charge in [0, 0.05) is 12.6 Å². The fraction of sp³-hybridized carbons (Fsp3) is 1.00. The summed E-state index contributed by atoms with van der Waals surface area (Å²) in [5.74, 6) is 0.880. The van der Waals surface area contributed by atoms with Crippen LogP contribution in [0.2, 0.25) is 0 Å². The van der Waals surface area contributed by atoms with Crippen molar-refractivity contribution in [2.45, 2.75) is 31.7 Å². The molecule has 4 heteroatoms. The second-order valence-corrected chi connectivity index (χ2v) is 5.30. The Morgan fingerprint density at radius 2 is 1.88 bits per heavy atom. The fourth-order valence-corrected chi connectivity index (χ4v) is 2.40. The molecule has 1 aliphatic carbocycles. The molecule has 0 unspecified atom stereocenters. The van der Waals surface area contributed by atoms with Crippen molar-refractivity contribution < 1.29 is 9.84 Å². The molecule has 0 radical (unpaired) electrons. The lowest BCUT2D eigenvalue weighted by Crippen LogP contribution is -2.39. The first-order valence-corrected chi connectivity index (χ1v) is 7.03. The summed E-state index contributed by atoms with van der Waals surface area (Å²) in [5.41, 5.74) is 0. The number of hydrogen-bond donors (Lipinski definition) is 2. The van der Waals surface area contributed by atoms with Crippen LogP contribution in [0.15, 0.2) is 0 Å². The summed E-state index contributed by atoms with van der Waals surface area (Å²) in [6.45, 7) is 6.02. The van der Waals surface area contributed by atoms with Gasteiger partial charge in [-0.3, -0.25) is 0 Å². The highest BCUT2D eigenvalue weighted by Crippen LogP contribution is 2.21. The van der Waals surface area contributed by atoms with E-state index in [1.54, 1.807) is 0 Å². The molecule has 0 aromatic carbocycles. The third kappa shape index (κ3) is 5.34. The average molecular weight is 242 g/mol. The van der Waals surface area contributed by atoms with E-state index in [1.165, 1.54) is 45.3 Å². The Kier molecular flexibility index (Phi) is 5.71. The normalized spacial score (nSPS) is 23.1. The zero-order chi connectivity index (χ0) is 11.9. The standard InChI is InChI=1S/C13H26N2O2/c16-8-10-17-9-7-15-5-3-12(4-6-15)11-14-13-1-2-13/h12-14,16H,1-11H2. The smallest absolute Gasteiger partial charge is 0.0698 e. The zero-order valence-corrected chi connectivity index (χ0v) is 10.7. The lowest BCUT2D eigenvalue weighted by Gasteiger charge is -2.31. The maximum Gasteiger partial charge on any atom is 0.0698 e. The van der Waals surface area contributed by atoms with Crippen LogP contribution in [0.3, 0.4) is 0 Å². The molecule has 1 heterocycles. The van der Waals surface area contributed by atoms with E-state index >= 15 is 0 Å². The summed E-state index contributed by atoms with van der Waals surface area (Å²) < 4.78 is 5.30. The van der Waals surface area contributed by atoms with Gasteiger partial charge in [-0.15, -0.1) is 0 Å². The van der Waals surface area contributed by atoms with Crippen LogP contribution in [0.4, 0.5) is 0 Å². The van der Waals surface area contributed by atoms with Gasteiger partial charge in [-0.05, 0) is 51.2 Å². The van der Waals surface area contributed by atoms with E-state index in [0.29, 0.717) is 6.61 Å². The number of hydrogen-bond acceptors (Lipinski definition) is 4. The molecule has 0 aromatic rings. The Morgan fingerprint density at radius 1 is 1.12 bits per heavy atom. The van der Waals surface area contributed by atoms with Gasteiger partial charge in [0.2, 0.25) is 0 Å². The molecule has 0 bridgehead atoms. The highest BCUT2D eigenvalue weighted by atomic mass is 16.5. The molecule has 1 saturated heterocycles. The first kappa shape index (κ1) is 13.3. The number of piperidine rings is 1. The number of aliphatic hydroxyl groups is 1. The maximum atomic E-state index is 8.60. The van der Waals surface area contributed by atoms with Crippen LogP contribution in [0.25, 0.3) is 0 Å². The van der Waals surface area contributed by atoms with Gasteiger partial charge in [0.15, 0.2) is 0 Å². The molecule has 17 heavy (non-hydrogen) atoms. The van der Waals surface area contributed by atoms with Gasteiger partial charge >= 0.3 is 0 Å². The topological polar surface area (TPSA) is 44.7 Å². The SMILES string of the molecule is OCCOCCN1CCC(CNC2CC2)CC1. The van der Waals surface area contributed by atoms with E-state index in [9.17, 15) is 0 Å². The number of ether oxygens (including phenoxy) is 1. The third-order valence-electron chi connectivity index (χ3n) is 3.77. The van der Waals surface area contributed by atoms with E-state index in [2.05, 4.69) is 10.2 Å². The second-order valence-electron chi connectivity index (χ2n) is 5.30. The van der Waals surface area contributed by atoms with Gasteiger partial charge in [-0.25, -0.2) is 0 Å². The summed E-state index contributed by atoms with van der Waals surface area (Å²) in [7, 11) is 0. The summed E-state index contributed by atoms with van der Waals surface area (Å²) in [5, 5.41) is 12.2. The van der Waals surface area contributed by atoms with Crippen molar-refractivity contribution in [1.29, 1.82) is 0 Å². The highest BCUT2D eigenvalue weighted by molar-refractivity contribution is 4.83. The van der Waals surface area contributed by atoms with Crippen LogP contribution in [0.5, 0.6) is 0 Å². The lowest BCUT2D eigenvalue weighted by atomic mass is 9.97. The molecule has 1 aliphatic heterocycles. The Labute approximate surface area is 104 Å². The van der Waals surface area contributed by atoms with E-state index < -0.39 is 0 Å². The van der Waals surface area contributed by atoms with Crippen LogP contribution in [-0.4, -0.2) is 62.0 Å². The molecule has 2 N–H and O–H groups in total. The van der Waals surface area contributed by atoms with E-state index in [1.807, 2.05) is 0 Å². The van der Waals surface area contributed by atoms with Crippen molar-refractivity contribution in [3.8, 4) is 0 Å². The Morgan fingerprint density at radius 3 is 2.53 bits per heavy atom. The minimum atomic E-state index is 0.134. The molecule has 4 nitrogen and oxygen atoms in total. The minimum absolute atomic E-state index is 0.134. The second kappa shape index (κ2) is 7.31. The molecule has 0 atom stereocenters. The molecular weight excluding hydrogens is 216 g/mol. The summed E-state index contributed by atoms with van der Waals surface area (Å²) in [4.78, 5) is 2.48. The van der Waals surface area contributed by atoms with Crippen LogP contribution in [0.1, 0.15) is 25.7 Å². The molecule has 0 amide bonds. The van der Waals surface area contributed by atoms with Crippen molar-refractivity contribution in [3.63, 3.8) is 0 Å². The van der Waals surface area contributed by atoms with Gasteiger partial charge in [-0.2, -0.15) is 0 Å². The Hall–Kier alpha value is -0.160. The minimum Gasteiger partial charge on any atom is -0.394 e. The monoisotopic (exact) mass is 242 g/mol. The fourth-order valence-electron chi connectivity index (χ4n) is 2.40. The van der Waals surface area contributed by atoms with Crippen molar-refractivity contribution in [1.82, 2.24) is 10.2 Å². The zero-order valence-electron chi connectivity index (χ0n) is 10.7. The van der Waals surface area contributed by atoms with Gasteiger partial charge in [0.05, 0.1) is 19.8 Å². The number of likely N-dealkylation sites (tertiary alicyclic amines) is 1. The Balaban J connectivity index is 1.48. The van der Waals surface area contributed by atoms with Crippen LogP contribution in [-0.2, 0) is 4.74 Å². The lowest BCUT2D eigenvalue weighted by molar-refractivity contribution is 0.0648. The third-order valence-corrected chi connectivity index (χ3v) is 3.77. The molecule has 2 fully saturated rings. The van der Waals surface area contributed by atoms with E-state index in [4.69, 9.17) is 9.84 Å². The summed E-state index contributed by atoms with van der Waals surface area (Å²) in [6.07, 6.45) is 5.42. The molecule has 0 spiro atoms. The number of rotatable bonds is 8. The largest absolute Gasteiger partial charge is 0.394 e. The highest BCUT2D eigenvalue weighted by Gasteiger charge is 2.24. The van der Waals surface area contributed by atoms with Crippen molar-refractivity contribution in [3.05, 3.63) is 0 Å². The van der Waals surface area contributed by atoms with Gasteiger partial charge in [0.25, 0.3) is 0 Å². The molecule has 2 aliphatic rings. The molecule has 1 saturated carbocycles. The van der Waals surface area contributed by atoms with Crippen molar-refractivity contribution in [2.24, 2.45) is 5.92 Å². The first-order valence-electron chi connectivity index (χ1n) is 7.03. The van der Waals surface area contributed by atoms with Crippen LogP contribution < -0.4 is 5.32 Å². The quantitative estimate of drug-likeness (QED) is 0.607. The number of nitrogens with one attached hydrogen (secondary N) is 1. The predicted octanol–water partition coefficient (Wildman–Crippen LogP) is 0.459. The molecular formula is C13H26N2O2. The van der Waals surface area contributed by atoms with Gasteiger partial charge < -0.3 is 20.1 Å². The number of aliphatic hydroxyl groups excluding tert-OH is 1. The van der Waals surface area contributed by atoms with Crippen LogP contribution >= 0.6 is 0 Å². The summed E-state index contributed by atoms with van der Waals surface area (Å²) in [6, 6.07) is 0.847. The van der Waals surface area contributed by atoms with Gasteiger partial charge in [0.1, 0.15) is 0 Å². The molecule has 100 valence electrons. The maximum absolute atomic E-state index is 8.60. The van der Waals surface area contributed by atoms with Gasteiger partial charge in [-0.1, -0.05) is 0 Å². The first-order chi connectivity index (χ1) is 8.38. The molecule has 0 aromatic heterocycles. The summed E-state index contributed by atoms with van der Waals surface area (Å²) >= 11 is 0. The predicted molar refractivity (Wildman–Crippen MR) is 68.1 cm³/mol. The molecule has 2 rings (SSSR count). The van der Waals surface area contributed by atoms with Crippen LogP contribution in [0, 0.1) is 5.92 Å². The van der Waals surface area contributed by atoms with E-state index in [-0.39, 0.29) is 6.61 Å². The van der Waals surface area contributed by atoms with E-state index in [0.717, 1.165) is 25.1 Å².